The van der Waals surface area contributed by atoms with Crippen molar-refractivity contribution in [1.29, 1.82) is 5.26 Å². The van der Waals surface area contributed by atoms with Crippen LogP contribution < -0.4 is 0 Å². The van der Waals surface area contributed by atoms with Gasteiger partial charge in [-0.2, -0.15) is 5.26 Å². The predicted octanol–water partition coefficient (Wildman–Crippen LogP) is 3.30. The van der Waals surface area contributed by atoms with Gasteiger partial charge in [-0.25, -0.2) is 4.98 Å². The molecule has 1 aromatic carbocycles. The summed E-state index contributed by atoms with van der Waals surface area (Å²) >= 11 is 1.39. The van der Waals surface area contributed by atoms with Crippen LogP contribution in [-0.4, -0.2) is 4.98 Å². The first-order valence-corrected chi connectivity index (χ1v) is 5.52. The largest absolute Gasteiger partial charge is 0.226 e. The van der Waals surface area contributed by atoms with Gasteiger partial charge in [0, 0.05) is 10.9 Å². The third kappa shape index (κ3) is 1.90. The Morgan fingerprint density at radius 2 is 2.13 bits per heavy atom. The van der Waals surface area contributed by atoms with Crippen LogP contribution in [0.3, 0.4) is 0 Å². The van der Waals surface area contributed by atoms with Crippen molar-refractivity contribution in [3.05, 3.63) is 39.7 Å². The van der Waals surface area contributed by atoms with Gasteiger partial charge >= 0.3 is 0 Å². The summed E-state index contributed by atoms with van der Waals surface area (Å²) in [5, 5.41) is 11.2. The Balaban J connectivity index is 2.54. The summed E-state index contributed by atoms with van der Waals surface area (Å²) < 4.78 is 0. The minimum Gasteiger partial charge on any atom is -0.226 e. The molecule has 0 unspecified atom stereocenters. The molecule has 0 fully saturated rings. The average molecular weight is 214 g/mol. The predicted molar refractivity (Wildman–Crippen MR) is 61.7 cm³/mol. The summed E-state index contributed by atoms with van der Waals surface area (Å²) in [5.41, 5.74) is 4.42. The third-order valence-electron chi connectivity index (χ3n) is 2.27. The van der Waals surface area contributed by atoms with Gasteiger partial charge in [0.1, 0.15) is 6.07 Å². The molecule has 0 saturated heterocycles. The van der Waals surface area contributed by atoms with Gasteiger partial charge in [0.25, 0.3) is 0 Å². The Labute approximate surface area is 92.8 Å². The van der Waals surface area contributed by atoms with E-state index >= 15 is 0 Å². The fourth-order valence-electron chi connectivity index (χ4n) is 1.46. The molecule has 0 aliphatic rings. The van der Waals surface area contributed by atoms with Crippen molar-refractivity contribution >= 4 is 11.3 Å². The van der Waals surface area contributed by atoms with Crippen molar-refractivity contribution in [2.45, 2.75) is 13.8 Å². The van der Waals surface area contributed by atoms with E-state index in [2.05, 4.69) is 43.1 Å². The molecule has 1 aromatic heterocycles. The number of rotatable bonds is 1. The second-order valence-corrected chi connectivity index (χ2v) is 4.33. The number of benzene rings is 1. The molecule has 0 aliphatic heterocycles. The van der Waals surface area contributed by atoms with Crippen molar-refractivity contribution in [3.63, 3.8) is 0 Å². The number of thiazole rings is 1. The van der Waals surface area contributed by atoms with Crippen LogP contribution in [0.1, 0.15) is 16.1 Å². The van der Waals surface area contributed by atoms with E-state index in [0.717, 1.165) is 11.3 Å². The lowest BCUT2D eigenvalue weighted by atomic mass is 10.0. The molecular weight excluding hydrogens is 204 g/mol. The molecule has 74 valence electrons. The molecule has 0 atom stereocenters. The maximum Gasteiger partial charge on any atom is 0.194 e. The summed E-state index contributed by atoms with van der Waals surface area (Å²) in [6.07, 6.45) is 0. The van der Waals surface area contributed by atoms with Crippen molar-refractivity contribution in [2.24, 2.45) is 0 Å². The maximum atomic E-state index is 8.72. The molecule has 2 aromatic rings. The molecule has 0 bridgehead atoms. The quantitative estimate of drug-likeness (QED) is 0.730. The normalized spacial score (nSPS) is 9.93. The van der Waals surface area contributed by atoms with Crippen LogP contribution in [-0.2, 0) is 0 Å². The highest BCUT2D eigenvalue weighted by molar-refractivity contribution is 7.10. The first-order chi connectivity index (χ1) is 7.20. The zero-order valence-electron chi connectivity index (χ0n) is 8.61. The Morgan fingerprint density at radius 1 is 1.33 bits per heavy atom. The maximum absolute atomic E-state index is 8.72. The number of aryl methyl sites for hydroxylation is 2. The second-order valence-electron chi connectivity index (χ2n) is 3.47. The van der Waals surface area contributed by atoms with Crippen LogP contribution in [0.4, 0.5) is 0 Å². The van der Waals surface area contributed by atoms with E-state index in [4.69, 9.17) is 5.26 Å². The molecule has 0 amide bonds. The number of nitrogens with zero attached hydrogens (tertiary/aromatic N) is 2. The Kier molecular flexibility index (Phi) is 2.53. The summed E-state index contributed by atoms with van der Waals surface area (Å²) in [5.74, 6) is 0. The zero-order valence-corrected chi connectivity index (χ0v) is 9.43. The zero-order chi connectivity index (χ0) is 10.8. The van der Waals surface area contributed by atoms with Crippen LogP contribution in [0.2, 0.25) is 0 Å². The highest BCUT2D eigenvalue weighted by Gasteiger charge is 2.06. The van der Waals surface area contributed by atoms with Crippen LogP contribution in [0.15, 0.2) is 23.6 Å². The first-order valence-electron chi connectivity index (χ1n) is 4.64. The molecule has 15 heavy (non-hydrogen) atoms. The number of aromatic nitrogens is 1. The lowest BCUT2D eigenvalue weighted by Crippen LogP contribution is -1.85. The Morgan fingerprint density at radius 3 is 2.80 bits per heavy atom. The van der Waals surface area contributed by atoms with Crippen LogP contribution >= 0.6 is 11.3 Å². The van der Waals surface area contributed by atoms with Gasteiger partial charge in [-0.1, -0.05) is 17.7 Å². The first kappa shape index (κ1) is 9.88. The smallest absolute Gasteiger partial charge is 0.194 e. The highest BCUT2D eigenvalue weighted by atomic mass is 32.1. The lowest BCUT2D eigenvalue weighted by Gasteiger charge is -2.03. The van der Waals surface area contributed by atoms with E-state index in [0.29, 0.717) is 5.01 Å². The molecule has 0 radical (unpaired) electrons. The SMILES string of the molecule is Cc1ccc(C)c(-c2csc(C#N)n2)c1. The number of hydrogen-bond acceptors (Lipinski definition) is 3. The van der Waals surface area contributed by atoms with Gasteiger partial charge in [-0.15, -0.1) is 11.3 Å². The summed E-state index contributed by atoms with van der Waals surface area (Å²) in [6, 6.07) is 8.32. The average Bonchev–Trinajstić information content (AvgIpc) is 2.70. The molecule has 2 rings (SSSR count). The molecule has 3 heteroatoms. The fourth-order valence-corrected chi connectivity index (χ4v) is 2.07. The van der Waals surface area contributed by atoms with Gasteiger partial charge in [-0.3, -0.25) is 0 Å². The standard InChI is InChI=1S/C12H10N2S/c1-8-3-4-9(2)10(5-8)11-7-15-12(6-13)14-11/h3-5,7H,1-2H3. The van der Waals surface area contributed by atoms with Crippen molar-refractivity contribution in [1.82, 2.24) is 4.98 Å². The molecule has 1 heterocycles. The lowest BCUT2D eigenvalue weighted by molar-refractivity contribution is 1.31. The molecule has 0 aliphatic carbocycles. The van der Waals surface area contributed by atoms with Gasteiger partial charge < -0.3 is 0 Å². The second kappa shape index (κ2) is 3.84. The summed E-state index contributed by atoms with van der Waals surface area (Å²) in [7, 11) is 0. The molecule has 0 saturated carbocycles. The van der Waals surface area contributed by atoms with E-state index in [9.17, 15) is 0 Å². The molecule has 0 N–H and O–H groups in total. The molecule has 2 nitrogen and oxygen atoms in total. The number of nitriles is 1. The van der Waals surface area contributed by atoms with E-state index in [1.807, 2.05) is 5.38 Å². The van der Waals surface area contributed by atoms with Gasteiger partial charge in [-0.05, 0) is 25.5 Å². The third-order valence-corrected chi connectivity index (χ3v) is 3.02. The monoisotopic (exact) mass is 214 g/mol. The van der Waals surface area contributed by atoms with E-state index < -0.39 is 0 Å². The Bertz CT molecular complexity index is 535. The molecular formula is C12H10N2S. The van der Waals surface area contributed by atoms with Crippen LogP contribution in [0.5, 0.6) is 0 Å². The van der Waals surface area contributed by atoms with Crippen molar-refractivity contribution in [3.8, 4) is 17.3 Å². The van der Waals surface area contributed by atoms with Crippen molar-refractivity contribution < 1.29 is 0 Å². The fraction of sp³-hybridized carbons (Fsp3) is 0.167. The van der Waals surface area contributed by atoms with Crippen molar-refractivity contribution in [2.75, 3.05) is 0 Å². The van der Waals surface area contributed by atoms with Gasteiger partial charge in [0.2, 0.25) is 0 Å². The van der Waals surface area contributed by atoms with Gasteiger partial charge in [0.15, 0.2) is 5.01 Å². The highest BCUT2D eigenvalue weighted by Crippen LogP contribution is 2.25. The van der Waals surface area contributed by atoms with Crippen LogP contribution in [0, 0.1) is 25.2 Å². The van der Waals surface area contributed by atoms with Gasteiger partial charge in [0.05, 0.1) is 5.69 Å². The Hall–Kier alpha value is -1.66. The molecule has 0 spiro atoms. The van der Waals surface area contributed by atoms with E-state index in [-0.39, 0.29) is 0 Å². The van der Waals surface area contributed by atoms with E-state index in [1.54, 1.807) is 0 Å². The summed E-state index contributed by atoms with van der Waals surface area (Å²) in [4.78, 5) is 4.26. The minimum atomic E-state index is 0.519. The number of hydrogen-bond donors (Lipinski definition) is 0. The van der Waals surface area contributed by atoms with E-state index in [1.165, 1.54) is 22.5 Å². The summed E-state index contributed by atoms with van der Waals surface area (Å²) in [6.45, 7) is 4.11. The van der Waals surface area contributed by atoms with Crippen LogP contribution in [0.25, 0.3) is 11.3 Å². The minimum absolute atomic E-state index is 0.519. The topological polar surface area (TPSA) is 36.7 Å².